The molecule has 4 rings (SSSR count). The number of hydrogen-bond acceptors (Lipinski definition) is 1. The molecule has 2 N–H and O–H groups in total. The van der Waals surface area contributed by atoms with E-state index in [0.717, 1.165) is 22.4 Å². The summed E-state index contributed by atoms with van der Waals surface area (Å²) >= 11 is 0. The Kier molecular flexibility index (Phi) is 8.40. The van der Waals surface area contributed by atoms with E-state index in [4.69, 9.17) is 0 Å². The molecule has 40 heavy (non-hydrogen) atoms. The highest BCUT2D eigenvalue weighted by atomic mass is 19.4. The third-order valence-electron chi connectivity index (χ3n) is 6.88. The Labute approximate surface area is 230 Å². The van der Waals surface area contributed by atoms with E-state index in [0.29, 0.717) is 17.8 Å². The average Bonchev–Trinajstić information content (AvgIpc) is 2.90. The molecule has 0 amide bonds. The topological polar surface area (TPSA) is 29.5 Å². The van der Waals surface area contributed by atoms with Crippen LogP contribution < -0.4 is 5.32 Å². The van der Waals surface area contributed by atoms with E-state index in [1.165, 1.54) is 6.07 Å². The molecule has 0 saturated carbocycles. The number of rotatable bonds is 7. The fourth-order valence-electron chi connectivity index (χ4n) is 4.87. The van der Waals surface area contributed by atoms with Crippen LogP contribution >= 0.6 is 0 Å². The van der Waals surface area contributed by atoms with Crippen LogP contribution in [0, 0.1) is 0 Å². The van der Waals surface area contributed by atoms with Crippen LogP contribution in [0.3, 0.4) is 0 Å². The van der Waals surface area contributed by atoms with Crippen molar-refractivity contribution in [2.75, 3.05) is 0 Å². The third-order valence-corrected chi connectivity index (χ3v) is 6.88. The summed E-state index contributed by atoms with van der Waals surface area (Å²) in [6, 6.07) is 21.7. The first-order valence-corrected chi connectivity index (χ1v) is 13.0. The van der Waals surface area contributed by atoms with E-state index >= 15 is 0 Å². The molecule has 0 aliphatic rings. The van der Waals surface area contributed by atoms with Crippen LogP contribution in [0.1, 0.15) is 79.1 Å². The highest BCUT2D eigenvalue weighted by Crippen LogP contribution is 2.39. The minimum absolute atomic E-state index is 0.0321. The van der Waals surface area contributed by atoms with Crippen molar-refractivity contribution < 1.29 is 31.7 Å². The number of nitrogens with zero attached hydrogens (tertiary/aromatic N) is 1. The number of alkyl halides is 6. The second kappa shape index (κ2) is 11.5. The Morgan fingerprint density at radius 3 is 1.65 bits per heavy atom. The molecule has 2 nitrogen and oxygen atoms in total. The highest BCUT2D eigenvalue weighted by Gasteiger charge is 2.37. The second-order valence-electron chi connectivity index (χ2n) is 10.5. The van der Waals surface area contributed by atoms with Gasteiger partial charge in [-0.3, -0.25) is 0 Å². The summed E-state index contributed by atoms with van der Waals surface area (Å²) in [4.78, 5) is 4.65. The highest BCUT2D eigenvalue weighted by molar-refractivity contribution is 5.62. The molecular formula is C32H31F6N2+. The van der Waals surface area contributed by atoms with E-state index in [2.05, 4.69) is 50.1 Å². The van der Waals surface area contributed by atoms with Crippen molar-refractivity contribution in [2.24, 2.45) is 0 Å². The molecule has 0 bridgehead atoms. The molecule has 1 aromatic heterocycles. The van der Waals surface area contributed by atoms with Gasteiger partial charge in [-0.1, -0.05) is 82.3 Å². The van der Waals surface area contributed by atoms with E-state index < -0.39 is 29.5 Å². The molecule has 0 fully saturated rings. The first kappa shape index (κ1) is 29.3. The van der Waals surface area contributed by atoms with Crippen molar-refractivity contribution in [3.05, 3.63) is 118 Å². The molecule has 0 aliphatic heterocycles. The predicted octanol–water partition coefficient (Wildman–Crippen LogP) is 9.02. The lowest BCUT2D eigenvalue weighted by molar-refractivity contribution is -0.609. The lowest BCUT2D eigenvalue weighted by atomic mass is 9.91. The van der Waals surface area contributed by atoms with Gasteiger partial charge in [0, 0.05) is 22.3 Å². The number of hydrogen-bond donors (Lipinski definition) is 1. The minimum Gasteiger partial charge on any atom is -0.302 e. The van der Waals surface area contributed by atoms with Crippen LogP contribution in [-0.4, -0.2) is 4.98 Å². The van der Waals surface area contributed by atoms with Gasteiger partial charge in [0.2, 0.25) is 0 Å². The fourth-order valence-corrected chi connectivity index (χ4v) is 4.87. The van der Waals surface area contributed by atoms with Crippen molar-refractivity contribution in [2.45, 2.75) is 57.9 Å². The minimum atomic E-state index is -4.94. The van der Waals surface area contributed by atoms with Gasteiger partial charge in [0.25, 0.3) is 0 Å². The first-order valence-electron chi connectivity index (χ1n) is 13.0. The van der Waals surface area contributed by atoms with Gasteiger partial charge in [-0.25, -0.2) is 4.98 Å². The van der Waals surface area contributed by atoms with Crippen molar-refractivity contribution in [3.8, 4) is 11.3 Å². The maximum atomic E-state index is 13.5. The van der Waals surface area contributed by atoms with Gasteiger partial charge in [-0.05, 0) is 42.2 Å². The van der Waals surface area contributed by atoms with E-state index in [1.807, 2.05) is 36.4 Å². The summed E-state index contributed by atoms with van der Waals surface area (Å²) in [6.07, 6.45) is -9.89. The molecule has 0 radical (unpaired) electrons. The van der Waals surface area contributed by atoms with Crippen molar-refractivity contribution >= 4 is 5.69 Å². The molecule has 0 aliphatic carbocycles. The lowest BCUT2D eigenvalue weighted by Crippen LogP contribution is -2.80. The van der Waals surface area contributed by atoms with Crippen LogP contribution in [0.4, 0.5) is 32.0 Å². The van der Waals surface area contributed by atoms with Crippen LogP contribution in [0.5, 0.6) is 0 Å². The summed E-state index contributed by atoms with van der Waals surface area (Å²) in [5, 5.41) is 2.11. The number of halogens is 6. The summed E-state index contributed by atoms with van der Waals surface area (Å²) in [5.41, 5.74) is 1.82. The largest absolute Gasteiger partial charge is 0.416 e. The van der Waals surface area contributed by atoms with Crippen LogP contribution in [-0.2, 0) is 12.4 Å². The zero-order valence-corrected chi connectivity index (χ0v) is 22.6. The van der Waals surface area contributed by atoms with Gasteiger partial charge in [0.05, 0.1) is 16.8 Å². The smallest absolute Gasteiger partial charge is 0.302 e. The molecule has 8 heteroatoms. The molecule has 1 atom stereocenters. The molecule has 1 unspecified atom stereocenters. The Bertz CT molecular complexity index is 1400. The number of pyridine rings is 1. The standard InChI is InChI=1S/C32H30F6N2/c1-19(2)25-12-8-13-26(20(3)4)30(25)40-29(21-10-6-5-7-11-21)28-15-9-14-27(39-28)22-16-23(31(33,34)35)18-24(17-22)32(36,37)38/h5-20,29,40H,1-4H3/p+1. The van der Waals surface area contributed by atoms with Crippen molar-refractivity contribution in [1.29, 1.82) is 0 Å². The second-order valence-corrected chi connectivity index (χ2v) is 10.5. The Hall–Kier alpha value is -3.65. The molecule has 4 aromatic rings. The quantitative estimate of drug-likeness (QED) is 0.178. The summed E-state index contributed by atoms with van der Waals surface area (Å²) in [5.74, 6) is 0.457. The Morgan fingerprint density at radius 2 is 1.15 bits per heavy atom. The van der Waals surface area contributed by atoms with E-state index in [1.54, 1.807) is 12.1 Å². The number of aromatic nitrogens is 1. The molecule has 210 valence electrons. The van der Waals surface area contributed by atoms with Crippen molar-refractivity contribution in [1.82, 2.24) is 4.98 Å². The van der Waals surface area contributed by atoms with Gasteiger partial charge >= 0.3 is 12.4 Å². The average molecular weight is 558 g/mol. The van der Waals surface area contributed by atoms with Crippen LogP contribution in [0.25, 0.3) is 11.3 Å². The van der Waals surface area contributed by atoms with E-state index in [9.17, 15) is 26.3 Å². The van der Waals surface area contributed by atoms with Crippen molar-refractivity contribution in [3.63, 3.8) is 0 Å². The Balaban J connectivity index is 1.88. The summed E-state index contributed by atoms with van der Waals surface area (Å²) < 4.78 is 81.2. The molecule has 3 aromatic carbocycles. The number of nitrogens with two attached hydrogens (primary N) is 1. The molecular weight excluding hydrogens is 526 g/mol. The zero-order chi connectivity index (χ0) is 29.2. The summed E-state index contributed by atoms with van der Waals surface area (Å²) in [6.45, 7) is 8.44. The third kappa shape index (κ3) is 6.55. The molecule has 0 spiro atoms. The lowest BCUT2D eigenvalue weighted by Gasteiger charge is -2.22. The fraction of sp³-hybridized carbons (Fsp3) is 0.281. The SMILES string of the molecule is CC(C)c1cccc(C(C)C)c1[NH2+]C(c1ccccc1)c1cccc(-c2cc(C(F)(F)F)cc(C(F)(F)F)c2)n1. The van der Waals surface area contributed by atoms with Crippen LogP contribution in [0.15, 0.2) is 84.9 Å². The predicted molar refractivity (Wildman–Crippen MR) is 144 cm³/mol. The monoisotopic (exact) mass is 557 g/mol. The number of para-hydroxylation sites is 1. The number of benzene rings is 3. The molecule has 0 saturated heterocycles. The van der Waals surface area contributed by atoms with Gasteiger partial charge in [0.15, 0.2) is 6.04 Å². The maximum Gasteiger partial charge on any atom is 0.416 e. The molecule has 1 heterocycles. The van der Waals surface area contributed by atoms with Gasteiger partial charge < -0.3 is 5.32 Å². The summed E-state index contributed by atoms with van der Waals surface area (Å²) in [7, 11) is 0. The van der Waals surface area contributed by atoms with Gasteiger partial charge in [0.1, 0.15) is 11.4 Å². The normalized spacial score (nSPS) is 13.2. The maximum absolute atomic E-state index is 13.5. The zero-order valence-electron chi connectivity index (χ0n) is 22.6. The Morgan fingerprint density at radius 1 is 0.625 bits per heavy atom. The van der Waals surface area contributed by atoms with Crippen LogP contribution in [0.2, 0.25) is 0 Å². The van der Waals surface area contributed by atoms with Gasteiger partial charge in [-0.15, -0.1) is 0 Å². The first-order chi connectivity index (χ1) is 18.8. The van der Waals surface area contributed by atoms with E-state index in [-0.39, 0.29) is 29.2 Å². The van der Waals surface area contributed by atoms with Gasteiger partial charge in [-0.2, -0.15) is 26.3 Å². The number of quaternary nitrogens is 1.